The first-order chi connectivity index (χ1) is 8.76. The van der Waals surface area contributed by atoms with Crippen molar-refractivity contribution in [2.24, 2.45) is 0 Å². The molecule has 3 nitrogen and oxygen atoms in total. The van der Waals surface area contributed by atoms with E-state index >= 15 is 0 Å². The fourth-order valence-corrected chi connectivity index (χ4v) is 2.49. The molecular formula is C13H15N3S2. The zero-order valence-electron chi connectivity index (χ0n) is 10.5. The molecule has 0 aliphatic heterocycles. The molecule has 1 heterocycles. The zero-order valence-corrected chi connectivity index (χ0v) is 12.1. The topological polar surface area (TPSA) is 30.7 Å². The van der Waals surface area contributed by atoms with Gasteiger partial charge in [-0.25, -0.2) is 4.68 Å². The van der Waals surface area contributed by atoms with E-state index in [4.69, 9.17) is 0 Å². The molecule has 5 heteroatoms. The lowest BCUT2D eigenvalue weighted by molar-refractivity contribution is 0.611. The summed E-state index contributed by atoms with van der Waals surface area (Å²) >= 11 is 3.18. The smallest absolute Gasteiger partial charge is 0.209 e. The van der Waals surface area contributed by atoms with Crippen molar-refractivity contribution in [1.82, 2.24) is 14.8 Å². The molecule has 0 spiro atoms. The van der Waals surface area contributed by atoms with Crippen LogP contribution >= 0.6 is 23.5 Å². The van der Waals surface area contributed by atoms with Crippen LogP contribution in [-0.2, 0) is 6.54 Å². The van der Waals surface area contributed by atoms with Crippen LogP contribution in [-0.4, -0.2) is 27.3 Å². The molecule has 0 bridgehead atoms. The van der Waals surface area contributed by atoms with Gasteiger partial charge >= 0.3 is 0 Å². The van der Waals surface area contributed by atoms with E-state index in [9.17, 15) is 0 Å². The summed E-state index contributed by atoms with van der Waals surface area (Å²) in [5.41, 5.74) is 2.35. The van der Waals surface area contributed by atoms with Crippen LogP contribution in [0.4, 0.5) is 0 Å². The average molecular weight is 277 g/mol. The van der Waals surface area contributed by atoms with E-state index < -0.39 is 0 Å². The molecular weight excluding hydrogens is 262 g/mol. The Kier molecular flexibility index (Phi) is 4.49. The highest BCUT2D eigenvalue weighted by molar-refractivity contribution is 7.99. The Labute approximate surface area is 116 Å². The van der Waals surface area contributed by atoms with Crippen molar-refractivity contribution in [3.63, 3.8) is 0 Å². The van der Waals surface area contributed by atoms with E-state index in [1.807, 2.05) is 23.3 Å². The lowest BCUT2D eigenvalue weighted by Gasteiger charge is -2.04. The molecule has 0 unspecified atom stereocenters. The number of nitrogens with zero attached hydrogens (tertiary/aromatic N) is 3. The molecule has 1 aromatic carbocycles. The van der Waals surface area contributed by atoms with Gasteiger partial charge in [0.25, 0.3) is 0 Å². The first-order valence-electron chi connectivity index (χ1n) is 5.51. The van der Waals surface area contributed by atoms with Crippen molar-refractivity contribution in [1.29, 1.82) is 0 Å². The second kappa shape index (κ2) is 6.11. The first kappa shape index (κ1) is 13.2. The van der Waals surface area contributed by atoms with Crippen LogP contribution in [0, 0.1) is 0 Å². The average Bonchev–Trinajstić information content (AvgIpc) is 2.82. The lowest BCUT2D eigenvalue weighted by Crippen LogP contribution is -2.03. The van der Waals surface area contributed by atoms with Crippen molar-refractivity contribution in [3.8, 4) is 0 Å². The van der Waals surface area contributed by atoms with Crippen molar-refractivity contribution in [2.75, 3.05) is 12.5 Å². The molecule has 94 valence electrons. The Bertz CT molecular complexity index is 532. The Balaban J connectivity index is 2.21. The van der Waals surface area contributed by atoms with Gasteiger partial charge in [0.2, 0.25) is 5.16 Å². The third-order valence-corrected chi connectivity index (χ3v) is 3.74. The second-order valence-corrected chi connectivity index (χ2v) is 5.24. The highest BCUT2D eigenvalue weighted by Gasteiger charge is 2.08. The van der Waals surface area contributed by atoms with Gasteiger partial charge in [0.1, 0.15) is 0 Å². The predicted molar refractivity (Wildman–Crippen MR) is 79.2 cm³/mol. The van der Waals surface area contributed by atoms with E-state index in [-0.39, 0.29) is 0 Å². The van der Waals surface area contributed by atoms with Gasteiger partial charge in [0.15, 0.2) is 5.16 Å². The Hall–Kier alpha value is -1.20. The monoisotopic (exact) mass is 277 g/mol. The maximum atomic E-state index is 4.46. The van der Waals surface area contributed by atoms with Gasteiger partial charge in [-0.2, -0.15) is 4.98 Å². The van der Waals surface area contributed by atoms with Crippen molar-refractivity contribution < 1.29 is 0 Å². The fourth-order valence-electron chi connectivity index (χ4n) is 1.58. The summed E-state index contributed by atoms with van der Waals surface area (Å²) in [6.45, 7) is 4.50. The van der Waals surface area contributed by atoms with E-state index in [1.54, 1.807) is 23.5 Å². The molecule has 0 aliphatic rings. The summed E-state index contributed by atoms with van der Waals surface area (Å²) in [5.74, 6) is 0. The fraction of sp³-hybridized carbons (Fsp3) is 0.231. The lowest BCUT2D eigenvalue weighted by atomic mass is 10.1. The number of hydrogen-bond acceptors (Lipinski definition) is 4. The minimum atomic E-state index is 0.751. The predicted octanol–water partition coefficient (Wildman–Crippen LogP) is 3.41. The van der Waals surface area contributed by atoms with Crippen molar-refractivity contribution in [3.05, 3.63) is 42.0 Å². The van der Waals surface area contributed by atoms with E-state index in [0.717, 1.165) is 22.4 Å². The van der Waals surface area contributed by atoms with Crippen LogP contribution in [0.25, 0.3) is 6.08 Å². The van der Waals surface area contributed by atoms with Crippen LogP contribution in [0.3, 0.4) is 0 Å². The maximum absolute atomic E-state index is 4.46. The van der Waals surface area contributed by atoms with Gasteiger partial charge in [-0.15, -0.1) is 5.10 Å². The number of aromatic nitrogens is 3. The summed E-state index contributed by atoms with van der Waals surface area (Å²) in [5, 5.41) is 6.24. The first-order valence-corrected chi connectivity index (χ1v) is 7.96. The van der Waals surface area contributed by atoms with Gasteiger partial charge in [0, 0.05) is 0 Å². The molecule has 0 radical (unpaired) electrons. The van der Waals surface area contributed by atoms with Crippen LogP contribution in [0.15, 0.2) is 41.2 Å². The Morgan fingerprint density at radius 2 is 1.94 bits per heavy atom. The molecule has 0 aliphatic carbocycles. The highest BCUT2D eigenvalue weighted by Crippen LogP contribution is 2.18. The molecule has 0 fully saturated rings. The third kappa shape index (κ3) is 2.97. The minimum absolute atomic E-state index is 0.751. The largest absolute Gasteiger partial charge is 0.235 e. The van der Waals surface area contributed by atoms with E-state index in [2.05, 4.69) is 40.9 Å². The molecule has 1 aromatic heterocycles. The Morgan fingerprint density at radius 3 is 2.50 bits per heavy atom. The van der Waals surface area contributed by atoms with Crippen molar-refractivity contribution in [2.45, 2.75) is 16.9 Å². The number of hydrogen-bond donors (Lipinski definition) is 0. The molecule has 0 saturated heterocycles. The van der Waals surface area contributed by atoms with Gasteiger partial charge in [0.05, 0.1) is 6.54 Å². The van der Waals surface area contributed by atoms with E-state index in [1.165, 1.54) is 5.56 Å². The zero-order chi connectivity index (χ0) is 13.0. The summed E-state index contributed by atoms with van der Waals surface area (Å²) in [6, 6.07) is 8.32. The van der Waals surface area contributed by atoms with Crippen LogP contribution in [0.1, 0.15) is 11.1 Å². The SMILES string of the molecule is C=Cc1ccc(Cn2nc(SC)nc2SC)cc1. The third-order valence-electron chi connectivity index (χ3n) is 2.53. The molecule has 18 heavy (non-hydrogen) atoms. The van der Waals surface area contributed by atoms with Crippen molar-refractivity contribution >= 4 is 29.6 Å². The summed E-state index contributed by atoms with van der Waals surface area (Å²) in [7, 11) is 0. The summed E-state index contributed by atoms with van der Waals surface area (Å²) in [4.78, 5) is 4.44. The highest BCUT2D eigenvalue weighted by atomic mass is 32.2. The number of benzene rings is 1. The quantitative estimate of drug-likeness (QED) is 0.784. The van der Waals surface area contributed by atoms with Crippen LogP contribution in [0.2, 0.25) is 0 Å². The van der Waals surface area contributed by atoms with E-state index in [0.29, 0.717) is 0 Å². The molecule has 0 saturated carbocycles. The molecule has 2 rings (SSSR count). The standard InChI is InChI=1S/C13H15N3S2/c1-4-10-5-7-11(8-6-10)9-16-13(18-3)14-12(15-16)17-2/h4-8H,1,9H2,2-3H3. The minimum Gasteiger partial charge on any atom is -0.235 e. The van der Waals surface area contributed by atoms with Gasteiger partial charge < -0.3 is 0 Å². The molecule has 0 amide bonds. The normalized spacial score (nSPS) is 10.6. The molecule has 2 aromatic rings. The molecule has 0 atom stereocenters. The maximum Gasteiger partial charge on any atom is 0.209 e. The van der Waals surface area contributed by atoms with Gasteiger partial charge in [-0.1, -0.05) is 60.4 Å². The summed E-state index contributed by atoms with van der Waals surface area (Å²) in [6.07, 6.45) is 5.85. The van der Waals surface area contributed by atoms with Gasteiger partial charge in [-0.3, -0.25) is 0 Å². The van der Waals surface area contributed by atoms with Crippen LogP contribution in [0.5, 0.6) is 0 Å². The Morgan fingerprint density at radius 1 is 1.22 bits per heavy atom. The summed E-state index contributed by atoms with van der Waals surface area (Å²) < 4.78 is 1.94. The second-order valence-electron chi connectivity index (χ2n) is 3.69. The van der Waals surface area contributed by atoms with Gasteiger partial charge in [-0.05, 0) is 23.6 Å². The van der Waals surface area contributed by atoms with Crippen LogP contribution < -0.4 is 0 Å². The molecule has 0 N–H and O–H groups in total. The number of rotatable bonds is 5. The number of thioether (sulfide) groups is 2.